The number of fused-ring (bicyclic) bond motifs is 1. The van der Waals surface area contributed by atoms with Gasteiger partial charge in [0.2, 0.25) is 10.0 Å². The highest BCUT2D eigenvalue weighted by Crippen LogP contribution is 2.14. The van der Waals surface area contributed by atoms with Gasteiger partial charge in [0, 0.05) is 25.2 Å². The van der Waals surface area contributed by atoms with Crippen LogP contribution in [0.1, 0.15) is 5.56 Å². The molecule has 0 N–H and O–H groups in total. The standard InChI is InChI=1S/C12H14N2O2S/c1-14(17(2,15)16)9-10-7-11-5-3-4-6-12(11)13-8-10/h3-8H,9H2,1-2H3. The molecule has 0 aliphatic heterocycles. The van der Waals surface area contributed by atoms with Gasteiger partial charge in [-0.15, -0.1) is 0 Å². The number of hydrogen-bond acceptors (Lipinski definition) is 3. The van der Waals surface area contributed by atoms with Crippen LogP contribution in [0.4, 0.5) is 0 Å². The Morgan fingerprint density at radius 2 is 2.00 bits per heavy atom. The Morgan fingerprint density at radius 1 is 1.29 bits per heavy atom. The van der Waals surface area contributed by atoms with Gasteiger partial charge >= 0.3 is 0 Å². The summed E-state index contributed by atoms with van der Waals surface area (Å²) in [6, 6.07) is 9.72. The van der Waals surface area contributed by atoms with Gasteiger partial charge in [0.15, 0.2) is 0 Å². The first-order chi connectivity index (χ1) is 7.97. The van der Waals surface area contributed by atoms with Crippen LogP contribution in [0, 0.1) is 0 Å². The lowest BCUT2D eigenvalue weighted by Crippen LogP contribution is -2.24. The van der Waals surface area contributed by atoms with E-state index in [1.165, 1.54) is 10.6 Å². The van der Waals surface area contributed by atoms with Gasteiger partial charge in [-0.2, -0.15) is 0 Å². The zero-order chi connectivity index (χ0) is 12.5. The molecule has 0 amide bonds. The fourth-order valence-electron chi connectivity index (χ4n) is 1.58. The molecular weight excluding hydrogens is 236 g/mol. The minimum atomic E-state index is -3.15. The average molecular weight is 250 g/mol. The molecule has 2 rings (SSSR count). The van der Waals surface area contributed by atoms with Crippen molar-refractivity contribution in [2.45, 2.75) is 6.54 Å². The van der Waals surface area contributed by atoms with E-state index >= 15 is 0 Å². The van der Waals surface area contributed by atoms with Crippen LogP contribution in [0.2, 0.25) is 0 Å². The Morgan fingerprint density at radius 3 is 2.71 bits per heavy atom. The van der Waals surface area contributed by atoms with Gasteiger partial charge in [0.1, 0.15) is 0 Å². The molecule has 0 aliphatic rings. The number of hydrogen-bond donors (Lipinski definition) is 0. The first kappa shape index (κ1) is 12.0. The molecule has 0 bridgehead atoms. The Hall–Kier alpha value is -1.46. The van der Waals surface area contributed by atoms with E-state index in [2.05, 4.69) is 4.98 Å². The number of sulfonamides is 1. The summed E-state index contributed by atoms with van der Waals surface area (Å²) in [4.78, 5) is 4.29. The van der Waals surface area contributed by atoms with E-state index in [0.29, 0.717) is 6.54 Å². The third-order valence-electron chi connectivity index (χ3n) is 2.62. The molecule has 0 fully saturated rings. The second-order valence-electron chi connectivity index (χ2n) is 4.06. The number of rotatable bonds is 3. The number of aromatic nitrogens is 1. The number of benzene rings is 1. The molecule has 0 aliphatic carbocycles. The summed E-state index contributed by atoms with van der Waals surface area (Å²) in [6.45, 7) is 0.344. The Balaban J connectivity index is 2.31. The highest BCUT2D eigenvalue weighted by atomic mass is 32.2. The minimum absolute atomic E-state index is 0.344. The van der Waals surface area contributed by atoms with Crippen LogP contribution >= 0.6 is 0 Å². The normalized spacial score (nSPS) is 12.2. The van der Waals surface area contributed by atoms with Crippen molar-refractivity contribution in [3.8, 4) is 0 Å². The molecular formula is C12H14N2O2S. The molecule has 90 valence electrons. The number of para-hydroxylation sites is 1. The number of nitrogens with zero attached hydrogens (tertiary/aromatic N) is 2. The van der Waals surface area contributed by atoms with Crippen molar-refractivity contribution in [2.24, 2.45) is 0 Å². The summed E-state index contributed by atoms with van der Waals surface area (Å²) >= 11 is 0. The molecule has 1 heterocycles. The van der Waals surface area contributed by atoms with E-state index in [4.69, 9.17) is 0 Å². The molecule has 17 heavy (non-hydrogen) atoms. The third-order valence-corrected chi connectivity index (χ3v) is 3.88. The van der Waals surface area contributed by atoms with E-state index in [9.17, 15) is 8.42 Å². The molecule has 1 aromatic heterocycles. The molecule has 4 nitrogen and oxygen atoms in total. The van der Waals surface area contributed by atoms with Crippen molar-refractivity contribution in [1.29, 1.82) is 0 Å². The van der Waals surface area contributed by atoms with Crippen LogP contribution in [0.3, 0.4) is 0 Å². The second-order valence-corrected chi connectivity index (χ2v) is 6.14. The third kappa shape index (κ3) is 2.81. The summed E-state index contributed by atoms with van der Waals surface area (Å²) in [5.74, 6) is 0. The fraction of sp³-hybridized carbons (Fsp3) is 0.250. The summed E-state index contributed by atoms with van der Waals surface area (Å²) < 4.78 is 23.9. The van der Waals surface area contributed by atoms with Gasteiger partial charge in [0.25, 0.3) is 0 Å². The van der Waals surface area contributed by atoms with Crippen molar-refractivity contribution in [3.05, 3.63) is 42.1 Å². The van der Waals surface area contributed by atoms with Crippen molar-refractivity contribution < 1.29 is 8.42 Å². The maximum atomic E-state index is 11.3. The van der Waals surface area contributed by atoms with Gasteiger partial charge in [-0.1, -0.05) is 18.2 Å². The monoisotopic (exact) mass is 250 g/mol. The largest absolute Gasteiger partial charge is 0.256 e. The summed E-state index contributed by atoms with van der Waals surface area (Å²) in [5, 5.41) is 1.02. The molecule has 0 radical (unpaired) electrons. The van der Waals surface area contributed by atoms with Crippen LogP contribution in [0.5, 0.6) is 0 Å². The van der Waals surface area contributed by atoms with E-state index in [1.807, 2.05) is 30.3 Å². The van der Waals surface area contributed by atoms with Crippen molar-refractivity contribution in [2.75, 3.05) is 13.3 Å². The summed E-state index contributed by atoms with van der Waals surface area (Å²) in [5.41, 5.74) is 1.80. The van der Waals surface area contributed by atoms with Crippen LogP contribution in [0.15, 0.2) is 36.5 Å². The molecule has 0 spiro atoms. The first-order valence-corrected chi connectivity index (χ1v) is 7.06. The maximum Gasteiger partial charge on any atom is 0.211 e. The predicted molar refractivity (Wildman–Crippen MR) is 68.1 cm³/mol. The predicted octanol–water partition coefficient (Wildman–Crippen LogP) is 1.63. The lowest BCUT2D eigenvalue weighted by Gasteiger charge is -2.13. The van der Waals surface area contributed by atoms with Crippen molar-refractivity contribution >= 4 is 20.9 Å². The van der Waals surface area contributed by atoms with E-state index < -0.39 is 10.0 Å². The van der Waals surface area contributed by atoms with E-state index in [0.717, 1.165) is 16.5 Å². The van der Waals surface area contributed by atoms with E-state index in [-0.39, 0.29) is 0 Å². The average Bonchev–Trinajstić information content (AvgIpc) is 2.27. The molecule has 0 atom stereocenters. The van der Waals surface area contributed by atoms with Crippen LogP contribution in [-0.2, 0) is 16.6 Å². The molecule has 0 saturated heterocycles. The van der Waals surface area contributed by atoms with Crippen molar-refractivity contribution in [3.63, 3.8) is 0 Å². The Bertz CT molecular complexity index is 638. The quantitative estimate of drug-likeness (QED) is 0.832. The van der Waals surface area contributed by atoms with Gasteiger partial charge in [0.05, 0.1) is 11.8 Å². The van der Waals surface area contributed by atoms with Gasteiger partial charge in [-0.05, 0) is 17.7 Å². The topological polar surface area (TPSA) is 50.3 Å². The molecule has 2 aromatic rings. The maximum absolute atomic E-state index is 11.3. The second kappa shape index (κ2) is 4.43. The highest BCUT2D eigenvalue weighted by molar-refractivity contribution is 7.88. The van der Waals surface area contributed by atoms with Gasteiger partial charge in [-0.3, -0.25) is 4.98 Å². The Kier molecular flexibility index (Phi) is 3.13. The van der Waals surface area contributed by atoms with Gasteiger partial charge in [-0.25, -0.2) is 12.7 Å². The highest BCUT2D eigenvalue weighted by Gasteiger charge is 2.11. The zero-order valence-electron chi connectivity index (χ0n) is 9.79. The SMILES string of the molecule is CN(Cc1cnc2ccccc2c1)S(C)(=O)=O. The minimum Gasteiger partial charge on any atom is -0.256 e. The molecule has 0 unspecified atom stereocenters. The van der Waals surface area contributed by atoms with Crippen LogP contribution in [0.25, 0.3) is 10.9 Å². The zero-order valence-corrected chi connectivity index (χ0v) is 10.6. The van der Waals surface area contributed by atoms with Crippen LogP contribution in [-0.4, -0.2) is 31.0 Å². The van der Waals surface area contributed by atoms with Gasteiger partial charge < -0.3 is 0 Å². The summed E-state index contributed by atoms with van der Waals surface area (Å²) in [7, 11) is -1.59. The lowest BCUT2D eigenvalue weighted by molar-refractivity contribution is 0.472. The fourth-order valence-corrected chi connectivity index (χ4v) is 1.96. The number of pyridine rings is 1. The Labute approximate surface area is 101 Å². The lowest BCUT2D eigenvalue weighted by atomic mass is 10.1. The van der Waals surface area contributed by atoms with Crippen LogP contribution < -0.4 is 0 Å². The smallest absolute Gasteiger partial charge is 0.211 e. The first-order valence-electron chi connectivity index (χ1n) is 5.22. The van der Waals surface area contributed by atoms with E-state index in [1.54, 1.807) is 13.2 Å². The van der Waals surface area contributed by atoms with Crippen molar-refractivity contribution in [1.82, 2.24) is 9.29 Å². The molecule has 0 saturated carbocycles. The molecule has 5 heteroatoms. The molecule has 1 aromatic carbocycles. The summed E-state index contributed by atoms with van der Waals surface area (Å²) in [6.07, 6.45) is 2.91.